The van der Waals surface area contributed by atoms with Crippen LogP contribution in [-0.2, 0) is 9.59 Å². The van der Waals surface area contributed by atoms with Gasteiger partial charge in [0.25, 0.3) is 5.91 Å². The quantitative estimate of drug-likeness (QED) is 0.840. The predicted molar refractivity (Wildman–Crippen MR) is 86.9 cm³/mol. The zero-order chi connectivity index (χ0) is 16.7. The van der Waals surface area contributed by atoms with Crippen LogP contribution in [0.5, 0.6) is 5.75 Å². The van der Waals surface area contributed by atoms with Gasteiger partial charge in [-0.2, -0.15) is 0 Å². The van der Waals surface area contributed by atoms with Crippen molar-refractivity contribution in [2.45, 2.75) is 39.7 Å². The highest BCUT2D eigenvalue weighted by atomic mass is 16.5. The minimum atomic E-state index is -0.225. The summed E-state index contributed by atoms with van der Waals surface area (Å²) in [6.07, 6.45) is 0. The minimum absolute atomic E-state index is 0.0339. The molecule has 0 aliphatic rings. The molecule has 0 unspecified atom stereocenters. The monoisotopic (exact) mass is 306 g/mol. The Hall–Kier alpha value is -2.04. The largest absolute Gasteiger partial charge is 0.483 e. The number of para-hydroxylation sites is 1. The topological polar surface area (TPSA) is 58.6 Å². The number of carbonyl (C=O) groups is 2. The fourth-order valence-electron chi connectivity index (χ4n) is 2.01. The Labute approximate surface area is 132 Å². The number of carbonyl (C=O) groups excluding carboxylic acids is 2. The van der Waals surface area contributed by atoms with E-state index < -0.39 is 0 Å². The molecule has 1 N–H and O–H groups in total. The van der Waals surface area contributed by atoms with Crippen molar-refractivity contribution >= 4 is 11.8 Å². The molecule has 1 aromatic carbocycles. The van der Waals surface area contributed by atoms with Crippen molar-refractivity contribution in [3.63, 3.8) is 0 Å². The van der Waals surface area contributed by atoms with Crippen LogP contribution >= 0.6 is 0 Å². The van der Waals surface area contributed by atoms with Gasteiger partial charge in [-0.25, -0.2) is 0 Å². The predicted octanol–water partition coefficient (Wildman–Crippen LogP) is 2.17. The molecule has 22 heavy (non-hydrogen) atoms. The first-order chi connectivity index (χ1) is 10.3. The second kappa shape index (κ2) is 8.41. The molecule has 0 aromatic heterocycles. The number of nitrogens with zero attached hydrogens (tertiary/aromatic N) is 1. The van der Waals surface area contributed by atoms with Crippen LogP contribution in [0.15, 0.2) is 24.3 Å². The van der Waals surface area contributed by atoms with Crippen LogP contribution in [-0.4, -0.2) is 43.0 Å². The molecule has 0 heterocycles. The van der Waals surface area contributed by atoms with E-state index >= 15 is 0 Å². The summed E-state index contributed by atoms with van der Waals surface area (Å²) in [6.45, 7) is 7.87. The van der Waals surface area contributed by atoms with Crippen LogP contribution in [0.25, 0.3) is 0 Å². The number of rotatable bonds is 7. The Morgan fingerprint density at radius 2 is 1.82 bits per heavy atom. The van der Waals surface area contributed by atoms with Gasteiger partial charge in [0.15, 0.2) is 6.61 Å². The maximum Gasteiger partial charge on any atom is 0.260 e. The molecule has 0 saturated carbocycles. The van der Waals surface area contributed by atoms with E-state index in [-0.39, 0.29) is 31.0 Å². The number of likely N-dealkylation sites (N-methyl/N-ethyl adjacent to an activating group) is 1. The molecule has 1 aromatic rings. The summed E-state index contributed by atoms with van der Waals surface area (Å²) in [6, 6.07) is 7.74. The zero-order valence-electron chi connectivity index (χ0n) is 14.1. The molecule has 0 saturated heterocycles. The van der Waals surface area contributed by atoms with Gasteiger partial charge < -0.3 is 15.0 Å². The summed E-state index contributed by atoms with van der Waals surface area (Å²) < 4.78 is 5.62. The van der Waals surface area contributed by atoms with E-state index in [0.717, 1.165) is 5.56 Å². The van der Waals surface area contributed by atoms with E-state index in [0.29, 0.717) is 11.7 Å². The highest BCUT2D eigenvalue weighted by Crippen LogP contribution is 2.25. The average Bonchev–Trinajstić information content (AvgIpc) is 2.43. The van der Waals surface area contributed by atoms with Crippen molar-refractivity contribution in [1.82, 2.24) is 10.2 Å². The van der Waals surface area contributed by atoms with Crippen molar-refractivity contribution < 1.29 is 14.3 Å². The maximum absolute atomic E-state index is 12.0. The zero-order valence-corrected chi connectivity index (χ0v) is 14.1. The van der Waals surface area contributed by atoms with Crippen molar-refractivity contribution in [2.75, 3.05) is 20.2 Å². The molecule has 0 aliphatic carbocycles. The molecule has 0 aliphatic heterocycles. The molecule has 5 nitrogen and oxygen atoms in total. The summed E-state index contributed by atoms with van der Waals surface area (Å²) >= 11 is 0. The Balaban J connectivity index is 2.54. The summed E-state index contributed by atoms with van der Waals surface area (Å²) in [5.41, 5.74) is 1.07. The molecule has 0 bridgehead atoms. The molecular formula is C17H26N2O3. The summed E-state index contributed by atoms with van der Waals surface area (Å²) in [4.78, 5) is 25.1. The second-order valence-electron chi connectivity index (χ2n) is 5.95. The van der Waals surface area contributed by atoms with Gasteiger partial charge in [-0.05, 0) is 31.4 Å². The van der Waals surface area contributed by atoms with Crippen molar-refractivity contribution in [1.29, 1.82) is 0 Å². The van der Waals surface area contributed by atoms with Crippen LogP contribution in [0, 0.1) is 0 Å². The van der Waals surface area contributed by atoms with Crippen molar-refractivity contribution in [2.24, 2.45) is 0 Å². The standard InChI is InChI=1S/C17H26N2O3/c1-12(2)14-8-6-7-9-15(14)22-11-17(21)19(5)10-16(20)18-13(3)4/h6-9,12-13H,10-11H2,1-5H3,(H,18,20). The van der Waals surface area contributed by atoms with Gasteiger partial charge in [-0.3, -0.25) is 9.59 Å². The molecule has 1 rings (SSSR count). The molecule has 2 amide bonds. The first-order valence-electron chi connectivity index (χ1n) is 7.56. The number of hydrogen-bond acceptors (Lipinski definition) is 3. The average molecular weight is 306 g/mol. The summed E-state index contributed by atoms with van der Waals surface area (Å²) in [7, 11) is 1.60. The minimum Gasteiger partial charge on any atom is -0.483 e. The third-order valence-corrected chi connectivity index (χ3v) is 3.15. The van der Waals surface area contributed by atoms with E-state index in [4.69, 9.17) is 4.74 Å². The lowest BCUT2D eigenvalue weighted by Gasteiger charge is -2.19. The molecule has 122 valence electrons. The Bertz CT molecular complexity index is 512. The fraction of sp³-hybridized carbons (Fsp3) is 0.529. The highest BCUT2D eigenvalue weighted by Gasteiger charge is 2.15. The number of ether oxygens (including phenoxy) is 1. The van der Waals surface area contributed by atoms with Crippen LogP contribution < -0.4 is 10.1 Å². The van der Waals surface area contributed by atoms with Crippen LogP contribution in [0.2, 0.25) is 0 Å². The molecular weight excluding hydrogens is 280 g/mol. The second-order valence-corrected chi connectivity index (χ2v) is 5.95. The van der Waals surface area contributed by atoms with Gasteiger partial charge in [0.05, 0.1) is 6.54 Å². The van der Waals surface area contributed by atoms with Crippen LogP contribution in [0.4, 0.5) is 0 Å². The summed E-state index contributed by atoms with van der Waals surface area (Å²) in [5.74, 6) is 0.637. The van der Waals surface area contributed by atoms with Crippen LogP contribution in [0.1, 0.15) is 39.2 Å². The number of hydrogen-bond donors (Lipinski definition) is 1. The Morgan fingerprint density at radius 3 is 2.41 bits per heavy atom. The SMILES string of the molecule is CC(C)NC(=O)CN(C)C(=O)COc1ccccc1C(C)C. The van der Waals surface area contributed by atoms with Gasteiger partial charge in [0.2, 0.25) is 5.91 Å². The summed E-state index contributed by atoms with van der Waals surface area (Å²) in [5, 5.41) is 2.75. The highest BCUT2D eigenvalue weighted by molar-refractivity contribution is 5.85. The number of nitrogens with one attached hydrogen (secondary N) is 1. The van der Waals surface area contributed by atoms with E-state index in [1.165, 1.54) is 4.90 Å². The molecule has 0 fully saturated rings. The molecule has 5 heteroatoms. The Morgan fingerprint density at radius 1 is 1.18 bits per heavy atom. The van der Waals surface area contributed by atoms with E-state index in [1.54, 1.807) is 7.05 Å². The lowest BCUT2D eigenvalue weighted by molar-refractivity contribution is -0.136. The molecule has 0 radical (unpaired) electrons. The number of amides is 2. The van der Waals surface area contributed by atoms with Crippen molar-refractivity contribution in [3.8, 4) is 5.75 Å². The van der Waals surface area contributed by atoms with E-state index in [9.17, 15) is 9.59 Å². The Kier molecular flexibility index (Phi) is 6.89. The van der Waals surface area contributed by atoms with Crippen LogP contribution in [0.3, 0.4) is 0 Å². The smallest absolute Gasteiger partial charge is 0.260 e. The lowest BCUT2D eigenvalue weighted by Crippen LogP contribution is -2.42. The van der Waals surface area contributed by atoms with Gasteiger partial charge in [0.1, 0.15) is 5.75 Å². The normalized spacial score (nSPS) is 10.7. The molecule has 0 atom stereocenters. The first kappa shape index (κ1) is 18.0. The number of benzene rings is 1. The van der Waals surface area contributed by atoms with Gasteiger partial charge in [0, 0.05) is 13.1 Å². The van der Waals surface area contributed by atoms with Gasteiger partial charge >= 0.3 is 0 Å². The van der Waals surface area contributed by atoms with Gasteiger partial charge in [-0.15, -0.1) is 0 Å². The third-order valence-electron chi connectivity index (χ3n) is 3.15. The fourth-order valence-corrected chi connectivity index (χ4v) is 2.01. The van der Waals surface area contributed by atoms with Crippen molar-refractivity contribution in [3.05, 3.63) is 29.8 Å². The maximum atomic E-state index is 12.0. The van der Waals surface area contributed by atoms with E-state index in [1.807, 2.05) is 38.1 Å². The van der Waals surface area contributed by atoms with E-state index in [2.05, 4.69) is 19.2 Å². The third kappa shape index (κ3) is 5.76. The van der Waals surface area contributed by atoms with Gasteiger partial charge in [-0.1, -0.05) is 32.0 Å². The molecule has 0 spiro atoms. The first-order valence-corrected chi connectivity index (χ1v) is 7.56. The lowest BCUT2D eigenvalue weighted by atomic mass is 10.0.